The van der Waals surface area contributed by atoms with E-state index < -0.39 is 6.10 Å². The zero-order valence-corrected chi connectivity index (χ0v) is 56.8. The summed E-state index contributed by atoms with van der Waals surface area (Å²) in [4.78, 5) is 38.4. The summed E-state index contributed by atoms with van der Waals surface area (Å²) in [5.41, 5.74) is 0. The van der Waals surface area contributed by atoms with Crippen molar-refractivity contribution < 1.29 is 28.6 Å². The zero-order chi connectivity index (χ0) is 59.9. The van der Waals surface area contributed by atoms with Crippen LogP contribution in [-0.2, 0) is 28.6 Å². The molecule has 0 bridgehead atoms. The van der Waals surface area contributed by atoms with E-state index in [1.165, 1.54) is 334 Å². The lowest BCUT2D eigenvalue weighted by atomic mass is 10.0. The summed E-state index contributed by atoms with van der Waals surface area (Å²) in [5.74, 6) is -0.842. The maximum Gasteiger partial charge on any atom is 0.306 e. The molecule has 0 saturated carbocycles. The standard InChI is InChI=1S/C77H148O6/c1-4-7-10-13-16-19-22-24-26-28-30-32-34-35-36-37-38-39-40-41-42-44-45-47-49-51-53-55-58-61-64-67-70-76(79)82-73-74(72-81-75(78)69-66-63-60-57-21-18-15-12-9-6-3)83-77(80)71-68-65-62-59-56-54-52-50-48-46-43-33-31-29-27-25-23-20-17-14-11-8-5-2/h12,15,74H,4-11,13-14,16-73H2,1-3H3/b15-12-. The van der Waals surface area contributed by atoms with Crippen molar-refractivity contribution in [3.05, 3.63) is 12.2 Å². The lowest BCUT2D eigenvalue weighted by Crippen LogP contribution is -2.30. The molecule has 83 heavy (non-hydrogen) atoms. The minimum atomic E-state index is -0.770. The molecule has 492 valence electrons. The minimum Gasteiger partial charge on any atom is -0.462 e. The molecular weight excluding hydrogens is 1020 g/mol. The van der Waals surface area contributed by atoms with Crippen LogP contribution in [0.2, 0.25) is 0 Å². The van der Waals surface area contributed by atoms with E-state index in [2.05, 4.69) is 32.9 Å². The Hall–Kier alpha value is -1.85. The molecule has 0 aromatic rings. The Balaban J connectivity index is 4.03. The Bertz CT molecular complexity index is 1300. The normalized spacial score (nSPS) is 12.0. The average Bonchev–Trinajstić information content (AvgIpc) is 3.49. The van der Waals surface area contributed by atoms with Crippen molar-refractivity contribution in [1.29, 1.82) is 0 Å². The summed E-state index contributed by atoms with van der Waals surface area (Å²) in [7, 11) is 0. The summed E-state index contributed by atoms with van der Waals surface area (Å²) in [6.07, 6.45) is 88.7. The van der Waals surface area contributed by atoms with Gasteiger partial charge in [-0.25, -0.2) is 0 Å². The van der Waals surface area contributed by atoms with Gasteiger partial charge in [-0.1, -0.05) is 399 Å². The number of carbonyl (C=O) groups excluding carboxylic acids is 3. The van der Waals surface area contributed by atoms with Crippen LogP contribution in [0.1, 0.15) is 445 Å². The molecule has 0 N–H and O–H groups in total. The van der Waals surface area contributed by atoms with Gasteiger partial charge in [0.2, 0.25) is 0 Å². The van der Waals surface area contributed by atoms with Gasteiger partial charge in [-0.15, -0.1) is 0 Å². The van der Waals surface area contributed by atoms with E-state index in [1.807, 2.05) is 0 Å². The smallest absolute Gasteiger partial charge is 0.306 e. The Labute approximate surface area is 520 Å². The molecule has 1 atom stereocenters. The molecular formula is C77H148O6. The molecule has 0 amide bonds. The van der Waals surface area contributed by atoms with Crippen LogP contribution in [0.3, 0.4) is 0 Å². The second-order valence-electron chi connectivity index (χ2n) is 26.3. The Morgan fingerprint density at radius 2 is 0.422 bits per heavy atom. The van der Waals surface area contributed by atoms with Gasteiger partial charge in [0.05, 0.1) is 0 Å². The predicted octanol–water partition coefficient (Wildman–Crippen LogP) is 26.3. The molecule has 0 fully saturated rings. The SMILES string of the molecule is CCC/C=C\CCCCCCCC(=O)OCC(COC(=O)CCCCCCCCCCCCCCCCCCCCCCCCCCCCCCCCCC)OC(=O)CCCCCCCCCCCCCCCCCCCCCCCCC. The van der Waals surface area contributed by atoms with Crippen molar-refractivity contribution in [1.82, 2.24) is 0 Å². The minimum absolute atomic E-state index is 0.0659. The lowest BCUT2D eigenvalue weighted by molar-refractivity contribution is -0.167. The molecule has 6 nitrogen and oxygen atoms in total. The number of allylic oxidation sites excluding steroid dienone is 2. The molecule has 0 aliphatic heterocycles. The molecule has 0 radical (unpaired) electrons. The van der Waals surface area contributed by atoms with Gasteiger partial charge in [0.25, 0.3) is 0 Å². The zero-order valence-electron chi connectivity index (χ0n) is 56.8. The molecule has 0 aromatic carbocycles. The Morgan fingerprint density at radius 1 is 0.229 bits per heavy atom. The van der Waals surface area contributed by atoms with E-state index in [-0.39, 0.29) is 31.1 Å². The van der Waals surface area contributed by atoms with Gasteiger partial charge in [-0.2, -0.15) is 0 Å². The third kappa shape index (κ3) is 70.8. The van der Waals surface area contributed by atoms with Crippen molar-refractivity contribution in [2.45, 2.75) is 451 Å². The number of ether oxygens (including phenoxy) is 3. The summed E-state index contributed by atoms with van der Waals surface area (Å²) in [6.45, 7) is 6.67. The largest absolute Gasteiger partial charge is 0.462 e. The fourth-order valence-corrected chi connectivity index (χ4v) is 12.0. The van der Waals surface area contributed by atoms with E-state index in [4.69, 9.17) is 14.2 Å². The summed E-state index contributed by atoms with van der Waals surface area (Å²) < 4.78 is 17.0. The predicted molar refractivity (Wildman–Crippen MR) is 363 cm³/mol. The first kappa shape index (κ1) is 81.2. The molecule has 0 rings (SSSR count). The lowest BCUT2D eigenvalue weighted by Gasteiger charge is -2.18. The monoisotopic (exact) mass is 1170 g/mol. The molecule has 1 unspecified atom stereocenters. The summed E-state index contributed by atoms with van der Waals surface area (Å²) in [5, 5.41) is 0. The van der Waals surface area contributed by atoms with E-state index >= 15 is 0 Å². The van der Waals surface area contributed by atoms with Crippen LogP contribution in [0.5, 0.6) is 0 Å². The third-order valence-electron chi connectivity index (χ3n) is 17.8. The second kappa shape index (κ2) is 72.6. The van der Waals surface area contributed by atoms with Crippen LogP contribution in [0.15, 0.2) is 12.2 Å². The van der Waals surface area contributed by atoms with Gasteiger partial charge < -0.3 is 14.2 Å². The van der Waals surface area contributed by atoms with Gasteiger partial charge in [-0.05, 0) is 38.5 Å². The number of carbonyl (C=O) groups is 3. The van der Waals surface area contributed by atoms with Gasteiger partial charge in [0, 0.05) is 19.3 Å². The molecule has 0 aliphatic rings. The highest BCUT2D eigenvalue weighted by Crippen LogP contribution is 2.20. The Morgan fingerprint density at radius 3 is 0.651 bits per heavy atom. The van der Waals surface area contributed by atoms with E-state index in [1.54, 1.807) is 0 Å². The molecule has 0 spiro atoms. The summed E-state index contributed by atoms with van der Waals surface area (Å²) in [6, 6.07) is 0. The highest BCUT2D eigenvalue weighted by molar-refractivity contribution is 5.71. The van der Waals surface area contributed by atoms with Crippen LogP contribution in [0, 0.1) is 0 Å². The number of esters is 3. The third-order valence-corrected chi connectivity index (χ3v) is 17.8. The molecule has 6 heteroatoms. The Kier molecular flexibility index (Phi) is 71.0. The van der Waals surface area contributed by atoms with Gasteiger partial charge >= 0.3 is 17.9 Å². The summed E-state index contributed by atoms with van der Waals surface area (Å²) >= 11 is 0. The molecule has 0 heterocycles. The molecule has 0 aliphatic carbocycles. The van der Waals surface area contributed by atoms with Crippen LogP contribution in [0.25, 0.3) is 0 Å². The maximum absolute atomic E-state index is 12.9. The van der Waals surface area contributed by atoms with Crippen molar-refractivity contribution >= 4 is 17.9 Å². The van der Waals surface area contributed by atoms with Crippen molar-refractivity contribution in [3.63, 3.8) is 0 Å². The molecule has 0 saturated heterocycles. The van der Waals surface area contributed by atoms with Crippen LogP contribution in [0.4, 0.5) is 0 Å². The quantitative estimate of drug-likeness (QED) is 0.0261. The maximum atomic E-state index is 12.9. The van der Waals surface area contributed by atoms with Crippen LogP contribution in [-0.4, -0.2) is 37.2 Å². The highest BCUT2D eigenvalue weighted by Gasteiger charge is 2.20. The van der Waals surface area contributed by atoms with Crippen molar-refractivity contribution in [2.75, 3.05) is 13.2 Å². The van der Waals surface area contributed by atoms with Gasteiger partial charge in [-0.3, -0.25) is 14.4 Å². The van der Waals surface area contributed by atoms with Crippen LogP contribution >= 0.6 is 0 Å². The topological polar surface area (TPSA) is 78.9 Å². The second-order valence-corrected chi connectivity index (χ2v) is 26.3. The fourth-order valence-electron chi connectivity index (χ4n) is 12.0. The average molecular weight is 1170 g/mol. The van der Waals surface area contributed by atoms with E-state index in [0.29, 0.717) is 19.3 Å². The van der Waals surface area contributed by atoms with E-state index in [0.717, 1.165) is 70.6 Å². The van der Waals surface area contributed by atoms with Crippen molar-refractivity contribution in [2.24, 2.45) is 0 Å². The first-order valence-electron chi connectivity index (χ1n) is 38.2. The number of unbranched alkanes of at least 4 members (excludes halogenated alkanes) is 59. The number of hydrogen-bond donors (Lipinski definition) is 0. The molecule has 0 aromatic heterocycles. The highest BCUT2D eigenvalue weighted by atomic mass is 16.6. The van der Waals surface area contributed by atoms with E-state index in [9.17, 15) is 14.4 Å². The van der Waals surface area contributed by atoms with Crippen LogP contribution < -0.4 is 0 Å². The first-order chi connectivity index (χ1) is 41.0. The number of rotatable bonds is 72. The van der Waals surface area contributed by atoms with Crippen molar-refractivity contribution in [3.8, 4) is 0 Å². The van der Waals surface area contributed by atoms with Gasteiger partial charge in [0.1, 0.15) is 13.2 Å². The number of hydrogen-bond acceptors (Lipinski definition) is 6. The fraction of sp³-hybridized carbons (Fsp3) is 0.935. The van der Waals surface area contributed by atoms with Gasteiger partial charge in [0.15, 0.2) is 6.10 Å². The first-order valence-corrected chi connectivity index (χ1v) is 38.2.